The number of ether oxygens (including phenoxy) is 2. The Morgan fingerprint density at radius 2 is 1.54 bits per heavy atom. The number of hydrogen-bond acceptors (Lipinski definition) is 8. The Morgan fingerprint density at radius 1 is 0.923 bits per heavy atom. The summed E-state index contributed by atoms with van der Waals surface area (Å²) in [4.78, 5) is 25.5. The van der Waals surface area contributed by atoms with Crippen molar-refractivity contribution < 1.29 is 24.2 Å². The van der Waals surface area contributed by atoms with Gasteiger partial charge in [-0.2, -0.15) is 0 Å². The number of rotatable bonds is 7. The lowest BCUT2D eigenvalue weighted by Gasteiger charge is -2.10. The minimum Gasteiger partial charge on any atom is -0.497 e. The largest absolute Gasteiger partial charge is 0.497 e. The Labute approximate surface area is 147 Å². The normalized spacial score (nSPS) is 11.0. The van der Waals surface area contributed by atoms with Crippen LogP contribution >= 0.6 is 0 Å². The van der Waals surface area contributed by atoms with E-state index in [9.17, 15) is 20.2 Å². The molecule has 26 heavy (non-hydrogen) atoms. The molecule has 0 amide bonds. The molecule has 2 rings (SSSR count). The maximum absolute atomic E-state index is 10.9. The molecular formula is C16H15N3O7. The predicted molar refractivity (Wildman–Crippen MR) is 92.1 cm³/mol. The van der Waals surface area contributed by atoms with E-state index in [0.29, 0.717) is 22.8 Å². The van der Waals surface area contributed by atoms with Gasteiger partial charge in [-0.25, -0.2) is 0 Å². The highest BCUT2D eigenvalue weighted by atomic mass is 16.6. The molecule has 0 aliphatic heterocycles. The summed E-state index contributed by atoms with van der Waals surface area (Å²) < 4.78 is 10.4. The molecule has 0 unspecified atom stereocenters. The van der Waals surface area contributed by atoms with Crippen LogP contribution in [0.1, 0.15) is 12.5 Å². The molecule has 0 aliphatic rings. The average Bonchev–Trinajstić information content (AvgIpc) is 2.65. The van der Waals surface area contributed by atoms with Gasteiger partial charge in [0.15, 0.2) is 5.75 Å². The third kappa shape index (κ3) is 4.23. The van der Waals surface area contributed by atoms with E-state index in [2.05, 4.69) is 5.16 Å². The first-order chi connectivity index (χ1) is 12.3. The number of nitro groups is 2. The van der Waals surface area contributed by atoms with Crippen LogP contribution in [0.3, 0.4) is 0 Å². The van der Waals surface area contributed by atoms with Crippen molar-refractivity contribution >= 4 is 17.1 Å². The molecule has 2 aromatic rings. The van der Waals surface area contributed by atoms with Crippen molar-refractivity contribution in [1.29, 1.82) is 0 Å². The van der Waals surface area contributed by atoms with Crippen LogP contribution in [-0.2, 0) is 0 Å². The summed E-state index contributed by atoms with van der Waals surface area (Å²) in [6.45, 7) is 1.63. The van der Waals surface area contributed by atoms with Gasteiger partial charge in [-0.3, -0.25) is 20.2 Å². The van der Waals surface area contributed by atoms with Crippen molar-refractivity contribution in [3.8, 4) is 17.2 Å². The Morgan fingerprint density at radius 3 is 2.04 bits per heavy atom. The van der Waals surface area contributed by atoms with Crippen molar-refractivity contribution in [2.45, 2.75) is 6.92 Å². The average molecular weight is 361 g/mol. The molecule has 10 nitrogen and oxygen atoms in total. The lowest BCUT2D eigenvalue weighted by atomic mass is 10.1. The molecule has 0 bridgehead atoms. The van der Waals surface area contributed by atoms with Crippen LogP contribution in [0.15, 0.2) is 41.6 Å². The second-order valence-corrected chi connectivity index (χ2v) is 5.03. The topological polar surface area (TPSA) is 126 Å². The first-order valence-corrected chi connectivity index (χ1v) is 7.23. The third-order valence-corrected chi connectivity index (χ3v) is 3.38. The van der Waals surface area contributed by atoms with E-state index in [1.807, 2.05) is 0 Å². The highest BCUT2D eigenvalue weighted by molar-refractivity contribution is 6.01. The Hall–Kier alpha value is -3.69. The fourth-order valence-corrected chi connectivity index (χ4v) is 2.10. The number of nitro benzene ring substituents is 2. The number of benzene rings is 2. The minimum absolute atomic E-state index is 0.132. The summed E-state index contributed by atoms with van der Waals surface area (Å²) in [7, 11) is 3.00. The molecule has 0 radical (unpaired) electrons. The van der Waals surface area contributed by atoms with E-state index in [-0.39, 0.29) is 5.75 Å². The van der Waals surface area contributed by atoms with Crippen LogP contribution in [-0.4, -0.2) is 29.8 Å². The lowest BCUT2D eigenvalue weighted by Crippen LogP contribution is -2.02. The zero-order chi connectivity index (χ0) is 19.3. The fourth-order valence-electron chi connectivity index (χ4n) is 2.10. The van der Waals surface area contributed by atoms with Crippen molar-refractivity contribution in [3.05, 3.63) is 62.2 Å². The summed E-state index contributed by atoms with van der Waals surface area (Å²) in [6, 6.07) is 8.01. The Bertz CT molecular complexity index is 848. The molecule has 0 N–H and O–H groups in total. The molecule has 0 aromatic heterocycles. The van der Waals surface area contributed by atoms with Crippen molar-refractivity contribution in [1.82, 2.24) is 0 Å². The Kier molecular flexibility index (Phi) is 5.68. The van der Waals surface area contributed by atoms with Crippen molar-refractivity contribution in [2.24, 2.45) is 5.16 Å². The number of nitrogens with zero attached hydrogens (tertiary/aromatic N) is 3. The molecule has 0 spiro atoms. The highest BCUT2D eigenvalue weighted by Gasteiger charge is 2.18. The van der Waals surface area contributed by atoms with Crippen molar-refractivity contribution in [2.75, 3.05) is 14.2 Å². The van der Waals surface area contributed by atoms with Gasteiger partial charge in [0, 0.05) is 5.56 Å². The molecule has 0 heterocycles. The van der Waals surface area contributed by atoms with Crippen LogP contribution in [0, 0.1) is 20.2 Å². The first kappa shape index (κ1) is 18.6. The minimum atomic E-state index is -0.748. The van der Waals surface area contributed by atoms with Crippen LogP contribution < -0.4 is 14.3 Å². The number of non-ortho nitro benzene ring substituents is 2. The van der Waals surface area contributed by atoms with Gasteiger partial charge in [-0.1, -0.05) is 5.16 Å². The van der Waals surface area contributed by atoms with Gasteiger partial charge in [0.1, 0.15) is 11.5 Å². The molecule has 0 saturated heterocycles. The van der Waals surface area contributed by atoms with Gasteiger partial charge in [0.2, 0.25) is 0 Å². The smallest absolute Gasteiger partial charge is 0.280 e. The molecular weight excluding hydrogens is 346 g/mol. The summed E-state index contributed by atoms with van der Waals surface area (Å²) in [6.07, 6.45) is 0. The van der Waals surface area contributed by atoms with Gasteiger partial charge in [-0.15, -0.1) is 0 Å². The molecule has 0 aliphatic carbocycles. The summed E-state index contributed by atoms with van der Waals surface area (Å²) >= 11 is 0. The second kappa shape index (κ2) is 7.92. The van der Waals surface area contributed by atoms with Gasteiger partial charge in [-0.05, 0) is 25.1 Å². The standard InChI is InChI=1S/C16H15N3O7/c1-10(15-9-13(24-2)4-5-16(15)25-3)17-26-14-7-11(18(20)21)6-12(8-14)19(22)23/h4-9H,1-3H3/b17-10+. The van der Waals surface area contributed by atoms with Crippen molar-refractivity contribution in [3.63, 3.8) is 0 Å². The van der Waals surface area contributed by atoms with Gasteiger partial charge in [0.25, 0.3) is 11.4 Å². The zero-order valence-electron chi connectivity index (χ0n) is 14.2. The number of oxime groups is 1. The van der Waals surface area contributed by atoms with Gasteiger partial charge in [0.05, 0.1) is 48.0 Å². The number of hydrogen-bond donors (Lipinski definition) is 0. The van der Waals surface area contributed by atoms with E-state index < -0.39 is 21.2 Å². The lowest BCUT2D eigenvalue weighted by molar-refractivity contribution is -0.394. The molecule has 136 valence electrons. The monoisotopic (exact) mass is 361 g/mol. The quantitative estimate of drug-likeness (QED) is 0.420. The molecule has 0 saturated carbocycles. The van der Waals surface area contributed by atoms with E-state index in [1.165, 1.54) is 14.2 Å². The summed E-state index contributed by atoms with van der Waals surface area (Å²) in [5.41, 5.74) is 0.0173. The summed E-state index contributed by atoms with van der Waals surface area (Å²) in [5, 5.41) is 25.7. The first-order valence-electron chi connectivity index (χ1n) is 7.23. The zero-order valence-corrected chi connectivity index (χ0v) is 14.2. The molecule has 0 fully saturated rings. The SMILES string of the molecule is COc1ccc(OC)c(/C(C)=N/Oc2cc([N+](=O)[O-])cc([N+](=O)[O-])c2)c1. The van der Waals surface area contributed by atoms with Crippen LogP contribution in [0.5, 0.6) is 17.2 Å². The van der Waals surface area contributed by atoms with Crippen LogP contribution in [0.2, 0.25) is 0 Å². The summed E-state index contributed by atoms with van der Waals surface area (Å²) in [5.74, 6) is 0.953. The molecule has 2 aromatic carbocycles. The maximum atomic E-state index is 10.9. The maximum Gasteiger partial charge on any atom is 0.280 e. The van der Waals surface area contributed by atoms with Crippen LogP contribution in [0.4, 0.5) is 11.4 Å². The second-order valence-electron chi connectivity index (χ2n) is 5.03. The van der Waals surface area contributed by atoms with E-state index in [1.54, 1.807) is 25.1 Å². The highest BCUT2D eigenvalue weighted by Crippen LogP contribution is 2.28. The molecule has 0 atom stereocenters. The number of methoxy groups -OCH3 is 2. The van der Waals surface area contributed by atoms with E-state index >= 15 is 0 Å². The molecule has 10 heteroatoms. The fraction of sp³-hybridized carbons (Fsp3) is 0.188. The third-order valence-electron chi connectivity index (χ3n) is 3.38. The predicted octanol–water partition coefficient (Wildman–Crippen LogP) is 3.32. The van der Waals surface area contributed by atoms with Gasteiger partial charge >= 0.3 is 0 Å². The van der Waals surface area contributed by atoms with Crippen LogP contribution in [0.25, 0.3) is 0 Å². The van der Waals surface area contributed by atoms with E-state index in [0.717, 1.165) is 18.2 Å². The van der Waals surface area contributed by atoms with Gasteiger partial charge < -0.3 is 14.3 Å². The van der Waals surface area contributed by atoms with E-state index in [4.69, 9.17) is 14.3 Å². The Balaban J connectivity index is 2.37.